The number of fused-ring (bicyclic) bond motifs is 1. The molecule has 0 spiro atoms. The molecule has 0 bridgehead atoms. The Kier molecular flexibility index (Phi) is 3.39. The molecule has 96 valence electrons. The van der Waals surface area contributed by atoms with Gasteiger partial charge in [0.25, 0.3) is 0 Å². The smallest absolute Gasteiger partial charge is 0.147 e. The molecule has 1 N–H and O–H groups in total. The third-order valence-electron chi connectivity index (χ3n) is 3.57. The monoisotopic (exact) mass is 281 g/mol. The van der Waals surface area contributed by atoms with Crippen LogP contribution in [0, 0.1) is 12.8 Å². The normalized spacial score (nSPS) is 23.7. The summed E-state index contributed by atoms with van der Waals surface area (Å²) in [4.78, 5) is 8.69. The lowest BCUT2D eigenvalue weighted by Gasteiger charge is -2.11. The molecule has 0 radical (unpaired) electrons. The zero-order chi connectivity index (χ0) is 12.5. The third kappa shape index (κ3) is 2.31. The number of hydrogen-bond acceptors (Lipinski definition) is 4. The van der Waals surface area contributed by atoms with E-state index >= 15 is 0 Å². The molecule has 2 heterocycles. The zero-order valence-corrected chi connectivity index (χ0v) is 11.9. The van der Waals surface area contributed by atoms with Gasteiger partial charge in [-0.1, -0.05) is 0 Å². The van der Waals surface area contributed by atoms with Gasteiger partial charge in [-0.05, 0) is 43.0 Å². The van der Waals surface area contributed by atoms with Crippen molar-refractivity contribution in [1.29, 1.82) is 0 Å². The van der Waals surface area contributed by atoms with Gasteiger partial charge in [0.2, 0.25) is 0 Å². The van der Waals surface area contributed by atoms with E-state index in [4.69, 9.17) is 11.6 Å². The Hall–Kier alpha value is -0.870. The van der Waals surface area contributed by atoms with Crippen LogP contribution in [-0.2, 0) is 0 Å². The highest BCUT2D eigenvalue weighted by molar-refractivity contribution is 7.18. The maximum atomic E-state index is 6.14. The van der Waals surface area contributed by atoms with Gasteiger partial charge < -0.3 is 5.32 Å². The molecular formula is C13H16ClN3S. The van der Waals surface area contributed by atoms with E-state index in [0.29, 0.717) is 11.3 Å². The van der Waals surface area contributed by atoms with Crippen LogP contribution in [0.3, 0.4) is 0 Å². The summed E-state index contributed by atoms with van der Waals surface area (Å²) in [6, 6.07) is 0. The largest absolute Gasteiger partial charge is 0.369 e. The van der Waals surface area contributed by atoms with Crippen molar-refractivity contribution in [3.05, 3.63) is 17.3 Å². The van der Waals surface area contributed by atoms with E-state index in [1.54, 1.807) is 17.7 Å². The van der Waals surface area contributed by atoms with Gasteiger partial charge in [0.15, 0.2) is 0 Å². The highest BCUT2D eigenvalue weighted by Gasteiger charge is 2.22. The van der Waals surface area contributed by atoms with Crippen molar-refractivity contribution in [2.75, 3.05) is 11.9 Å². The lowest BCUT2D eigenvalue weighted by atomic mass is 10.1. The Bertz CT molecular complexity index is 554. The van der Waals surface area contributed by atoms with Crippen LogP contribution in [0.2, 0.25) is 0 Å². The Labute approximate surface area is 116 Å². The van der Waals surface area contributed by atoms with Gasteiger partial charge in [-0.25, -0.2) is 9.97 Å². The van der Waals surface area contributed by atoms with Crippen molar-refractivity contribution in [3.63, 3.8) is 0 Å². The summed E-state index contributed by atoms with van der Waals surface area (Å²) >= 11 is 7.85. The Morgan fingerprint density at radius 3 is 3.11 bits per heavy atom. The molecule has 2 aromatic heterocycles. The number of halogens is 1. The van der Waals surface area contributed by atoms with Gasteiger partial charge >= 0.3 is 0 Å². The first kappa shape index (κ1) is 12.2. The number of thiophene rings is 1. The number of rotatable bonds is 3. The van der Waals surface area contributed by atoms with Gasteiger partial charge in [-0.3, -0.25) is 0 Å². The summed E-state index contributed by atoms with van der Waals surface area (Å²) in [5.41, 5.74) is 2.29. The van der Waals surface area contributed by atoms with Gasteiger partial charge in [0.1, 0.15) is 12.1 Å². The van der Waals surface area contributed by atoms with Gasteiger partial charge in [-0.15, -0.1) is 22.9 Å². The molecular weight excluding hydrogens is 266 g/mol. The lowest BCUT2D eigenvalue weighted by molar-refractivity contribution is 0.580. The first-order chi connectivity index (χ1) is 8.74. The van der Waals surface area contributed by atoms with Crippen LogP contribution < -0.4 is 5.32 Å². The topological polar surface area (TPSA) is 37.8 Å². The second-order valence-corrected chi connectivity index (χ2v) is 6.47. The van der Waals surface area contributed by atoms with E-state index in [0.717, 1.165) is 35.4 Å². The number of aromatic nitrogens is 2. The summed E-state index contributed by atoms with van der Waals surface area (Å²) < 4.78 is 1.16. The maximum Gasteiger partial charge on any atom is 0.147 e. The summed E-state index contributed by atoms with van der Waals surface area (Å²) in [5, 5.41) is 5.96. The van der Waals surface area contributed by atoms with Crippen LogP contribution in [0.4, 0.5) is 5.82 Å². The number of nitrogens with zero attached hydrogens (tertiary/aromatic N) is 2. The van der Waals surface area contributed by atoms with Crippen molar-refractivity contribution in [1.82, 2.24) is 9.97 Å². The second-order valence-electron chi connectivity index (χ2n) is 4.98. The summed E-state index contributed by atoms with van der Waals surface area (Å²) in [5.74, 6) is 1.65. The summed E-state index contributed by atoms with van der Waals surface area (Å²) in [7, 11) is 0. The van der Waals surface area contributed by atoms with Gasteiger partial charge in [0.05, 0.1) is 10.2 Å². The SMILES string of the molecule is Cc1csc2c(NCC3CCC(Cl)C3)ncnc12. The number of alkyl halides is 1. The fourth-order valence-corrected chi connectivity index (χ4v) is 3.88. The highest BCUT2D eigenvalue weighted by atomic mass is 35.5. The fraction of sp³-hybridized carbons (Fsp3) is 0.538. The number of anilines is 1. The number of aryl methyl sites for hydroxylation is 1. The van der Waals surface area contributed by atoms with E-state index in [9.17, 15) is 0 Å². The molecule has 0 amide bonds. The molecule has 1 fully saturated rings. The Morgan fingerprint density at radius 1 is 1.44 bits per heavy atom. The van der Waals surface area contributed by atoms with Crippen LogP contribution in [-0.4, -0.2) is 21.9 Å². The van der Waals surface area contributed by atoms with Gasteiger partial charge in [0, 0.05) is 11.9 Å². The minimum Gasteiger partial charge on any atom is -0.369 e. The molecule has 2 aromatic rings. The first-order valence-corrected chi connectivity index (χ1v) is 7.62. The molecule has 1 aliphatic rings. The second kappa shape index (κ2) is 5.02. The van der Waals surface area contributed by atoms with Crippen LogP contribution in [0.15, 0.2) is 11.7 Å². The van der Waals surface area contributed by atoms with Crippen molar-refractivity contribution in [3.8, 4) is 0 Å². The van der Waals surface area contributed by atoms with E-state index < -0.39 is 0 Å². The predicted molar refractivity (Wildman–Crippen MR) is 77.6 cm³/mol. The molecule has 1 saturated carbocycles. The minimum atomic E-state index is 0.367. The van der Waals surface area contributed by atoms with Crippen molar-refractivity contribution >= 4 is 39.0 Å². The predicted octanol–water partition coefficient (Wildman–Crippen LogP) is 3.82. The molecule has 2 atom stereocenters. The van der Waals surface area contributed by atoms with E-state index in [1.165, 1.54) is 12.0 Å². The molecule has 0 aromatic carbocycles. The first-order valence-electron chi connectivity index (χ1n) is 6.31. The average molecular weight is 282 g/mol. The zero-order valence-electron chi connectivity index (χ0n) is 10.3. The number of hydrogen-bond donors (Lipinski definition) is 1. The highest BCUT2D eigenvalue weighted by Crippen LogP contribution is 2.31. The summed E-state index contributed by atoms with van der Waals surface area (Å²) in [6.45, 7) is 3.05. The third-order valence-corrected chi connectivity index (χ3v) is 5.06. The molecule has 2 unspecified atom stereocenters. The minimum absolute atomic E-state index is 0.367. The molecule has 0 saturated heterocycles. The molecule has 5 heteroatoms. The van der Waals surface area contributed by atoms with Crippen molar-refractivity contribution in [2.24, 2.45) is 5.92 Å². The van der Waals surface area contributed by atoms with Gasteiger partial charge in [-0.2, -0.15) is 0 Å². The average Bonchev–Trinajstić information content (AvgIpc) is 2.94. The van der Waals surface area contributed by atoms with E-state index in [2.05, 4.69) is 27.6 Å². The Morgan fingerprint density at radius 2 is 2.33 bits per heavy atom. The summed E-state index contributed by atoms with van der Waals surface area (Å²) in [6.07, 6.45) is 5.12. The standard InChI is InChI=1S/C13H16ClN3S/c1-8-6-18-12-11(8)16-7-17-13(12)15-5-9-2-3-10(14)4-9/h6-7,9-10H,2-5H2,1H3,(H,15,16,17). The van der Waals surface area contributed by atoms with Crippen LogP contribution >= 0.6 is 22.9 Å². The quantitative estimate of drug-likeness (QED) is 0.869. The number of nitrogens with one attached hydrogen (secondary N) is 1. The molecule has 18 heavy (non-hydrogen) atoms. The lowest BCUT2D eigenvalue weighted by Crippen LogP contribution is -2.12. The van der Waals surface area contributed by atoms with Crippen LogP contribution in [0.1, 0.15) is 24.8 Å². The molecule has 0 aliphatic heterocycles. The molecule has 1 aliphatic carbocycles. The fourth-order valence-electron chi connectivity index (χ4n) is 2.54. The Balaban J connectivity index is 1.74. The van der Waals surface area contributed by atoms with Crippen LogP contribution in [0.5, 0.6) is 0 Å². The molecule has 3 nitrogen and oxygen atoms in total. The van der Waals surface area contributed by atoms with E-state index in [-0.39, 0.29) is 0 Å². The van der Waals surface area contributed by atoms with Crippen molar-refractivity contribution in [2.45, 2.75) is 31.6 Å². The molecule has 3 rings (SSSR count). The van der Waals surface area contributed by atoms with Crippen LogP contribution in [0.25, 0.3) is 10.2 Å². The maximum absolute atomic E-state index is 6.14. The van der Waals surface area contributed by atoms with E-state index in [1.807, 2.05) is 0 Å². The van der Waals surface area contributed by atoms with Crippen molar-refractivity contribution < 1.29 is 0 Å².